The summed E-state index contributed by atoms with van der Waals surface area (Å²) in [5.74, 6) is 0. The number of aliphatic hydroxyl groups is 1. The Balaban J connectivity index is 1.92. The van der Waals surface area contributed by atoms with Gasteiger partial charge in [0.1, 0.15) is 0 Å². The molecule has 1 fully saturated rings. The smallest absolute Gasteiger partial charge is 0.0931 e. The molecule has 0 aliphatic carbocycles. The van der Waals surface area contributed by atoms with Crippen LogP contribution in [0.5, 0.6) is 0 Å². The van der Waals surface area contributed by atoms with Crippen LogP contribution in [0.2, 0.25) is 0 Å². The Morgan fingerprint density at radius 3 is 2.76 bits per heavy atom. The van der Waals surface area contributed by atoms with Gasteiger partial charge in [-0.15, -0.1) is 0 Å². The second kappa shape index (κ2) is 5.58. The number of aliphatic hydroxyl groups excluding tert-OH is 1. The number of β-amino-alcohol motifs (C(OH)–C–C–N with tert-alkyl or cyclic N) is 1. The number of ether oxygens (including phenoxy) is 1. The van der Waals surface area contributed by atoms with Gasteiger partial charge in [-0.25, -0.2) is 0 Å². The topological polar surface area (TPSA) is 45.6 Å². The van der Waals surface area contributed by atoms with E-state index >= 15 is 0 Å². The molecule has 1 N–H and O–H groups in total. The molecule has 1 saturated heterocycles. The van der Waals surface area contributed by atoms with Crippen LogP contribution in [-0.2, 0) is 4.74 Å². The van der Waals surface area contributed by atoms with Crippen LogP contribution in [0.25, 0.3) is 0 Å². The number of aromatic nitrogens is 1. The Labute approximate surface area is 102 Å². The molecule has 17 heavy (non-hydrogen) atoms. The summed E-state index contributed by atoms with van der Waals surface area (Å²) in [6.45, 7) is 6.53. The summed E-state index contributed by atoms with van der Waals surface area (Å²) in [7, 11) is 0. The van der Waals surface area contributed by atoms with E-state index in [9.17, 15) is 5.11 Å². The lowest BCUT2D eigenvalue weighted by Crippen LogP contribution is -2.46. The highest BCUT2D eigenvalue weighted by Gasteiger charge is 2.24. The number of nitrogens with zero attached hydrogens (tertiary/aromatic N) is 2. The summed E-state index contributed by atoms with van der Waals surface area (Å²) in [5, 5.41) is 10.1. The molecule has 0 radical (unpaired) electrons. The molecular formula is C13H20N2O2. The number of morpholine rings is 1. The molecule has 1 aromatic heterocycles. The van der Waals surface area contributed by atoms with Crippen molar-refractivity contribution < 1.29 is 9.84 Å². The van der Waals surface area contributed by atoms with Crippen molar-refractivity contribution >= 4 is 0 Å². The van der Waals surface area contributed by atoms with Gasteiger partial charge in [-0.1, -0.05) is 6.07 Å². The minimum atomic E-state index is -0.471. The normalized spacial score (nSPS) is 27.9. The molecule has 0 spiro atoms. The van der Waals surface area contributed by atoms with Crippen molar-refractivity contribution in [1.29, 1.82) is 0 Å². The third kappa shape index (κ3) is 3.49. The van der Waals surface area contributed by atoms with Gasteiger partial charge in [0.2, 0.25) is 0 Å². The first-order chi connectivity index (χ1) is 8.15. The van der Waals surface area contributed by atoms with Crippen molar-refractivity contribution in [2.75, 3.05) is 19.6 Å². The largest absolute Gasteiger partial charge is 0.387 e. The second-order valence-electron chi connectivity index (χ2n) is 4.78. The maximum atomic E-state index is 10.1. The molecule has 0 saturated carbocycles. The van der Waals surface area contributed by atoms with E-state index < -0.39 is 6.10 Å². The Morgan fingerprint density at radius 2 is 2.18 bits per heavy atom. The standard InChI is InChI=1S/C13H20N2O2/c1-10-7-15(8-11(2)17-10)9-13(16)12-4-3-5-14-6-12/h3-6,10-11,13,16H,7-9H2,1-2H3. The van der Waals surface area contributed by atoms with Crippen LogP contribution < -0.4 is 0 Å². The first kappa shape index (κ1) is 12.5. The van der Waals surface area contributed by atoms with E-state index in [1.165, 1.54) is 0 Å². The molecule has 4 heteroatoms. The van der Waals surface area contributed by atoms with E-state index in [1.54, 1.807) is 12.4 Å². The minimum Gasteiger partial charge on any atom is -0.387 e. The lowest BCUT2D eigenvalue weighted by molar-refractivity contribution is -0.0767. The van der Waals surface area contributed by atoms with Crippen LogP contribution in [0.3, 0.4) is 0 Å². The van der Waals surface area contributed by atoms with Gasteiger partial charge in [-0.05, 0) is 19.9 Å². The third-order valence-electron chi connectivity index (χ3n) is 3.00. The Bertz CT molecular complexity index is 335. The zero-order chi connectivity index (χ0) is 12.3. The average Bonchev–Trinajstić information content (AvgIpc) is 2.28. The van der Waals surface area contributed by atoms with Crippen molar-refractivity contribution in [3.63, 3.8) is 0 Å². The predicted molar refractivity (Wildman–Crippen MR) is 65.6 cm³/mol. The third-order valence-corrected chi connectivity index (χ3v) is 3.00. The van der Waals surface area contributed by atoms with Crippen LogP contribution in [0.4, 0.5) is 0 Å². The summed E-state index contributed by atoms with van der Waals surface area (Å²) in [4.78, 5) is 6.27. The van der Waals surface area contributed by atoms with Crippen LogP contribution in [-0.4, -0.2) is 46.8 Å². The van der Waals surface area contributed by atoms with E-state index in [1.807, 2.05) is 12.1 Å². The first-order valence-corrected chi connectivity index (χ1v) is 6.11. The molecule has 4 nitrogen and oxygen atoms in total. The van der Waals surface area contributed by atoms with Gasteiger partial charge in [-0.3, -0.25) is 9.88 Å². The van der Waals surface area contributed by atoms with Gasteiger partial charge < -0.3 is 9.84 Å². The summed E-state index contributed by atoms with van der Waals surface area (Å²) >= 11 is 0. The molecule has 94 valence electrons. The maximum absolute atomic E-state index is 10.1. The molecule has 2 heterocycles. The van der Waals surface area contributed by atoms with E-state index in [-0.39, 0.29) is 12.2 Å². The highest BCUT2D eigenvalue weighted by atomic mass is 16.5. The van der Waals surface area contributed by atoms with Crippen LogP contribution in [0, 0.1) is 0 Å². The highest BCUT2D eigenvalue weighted by Crippen LogP contribution is 2.16. The van der Waals surface area contributed by atoms with Gasteiger partial charge in [0.25, 0.3) is 0 Å². The van der Waals surface area contributed by atoms with Gasteiger partial charge in [0.05, 0.1) is 18.3 Å². The van der Waals surface area contributed by atoms with Crippen molar-refractivity contribution in [3.8, 4) is 0 Å². The Kier molecular flexibility index (Phi) is 4.10. The minimum absolute atomic E-state index is 0.236. The molecule has 1 aromatic rings. The molecule has 0 bridgehead atoms. The fourth-order valence-electron chi connectivity index (χ4n) is 2.36. The zero-order valence-corrected chi connectivity index (χ0v) is 10.4. The van der Waals surface area contributed by atoms with Gasteiger partial charge in [-0.2, -0.15) is 0 Å². The van der Waals surface area contributed by atoms with E-state index in [0.29, 0.717) is 6.54 Å². The first-order valence-electron chi connectivity index (χ1n) is 6.11. The molecule has 2 rings (SSSR count). The van der Waals surface area contributed by atoms with Crippen molar-refractivity contribution in [1.82, 2.24) is 9.88 Å². The predicted octanol–water partition coefficient (Wildman–Crippen LogP) is 1.22. The zero-order valence-electron chi connectivity index (χ0n) is 10.4. The molecular weight excluding hydrogens is 216 g/mol. The Morgan fingerprint density at radius 1 is 1.47 bits per heavy atom. The fourth-order valence-corrected chi connectivity index (χ4v) is 2.36. The summed E-state index contributed by atoms with van der Waals surface area (Å²) < 4.78 is 5.67. The fraction of sp³-hybridized carbons (Fsp3) is 0.615. The van der Waals surface area contributed by atoms with Crippen molar-refractivity contribution in [2.24, 2.45) is 0 Å². The van der Waals surface area contributed by atoms with E-state index in [4.69, 9.17) is 4.74 Å². The van der Waals surface area contributed by atoms with Crippen molar-refractivity contribution in [3.05, 3.63) is 30.1 Å². The van der Waals surface area contributed by atoms with Gasteiger partial charge in [0.15, 0.2) is 0 Å². The molecule has 0 amide bonds. The number of pyridine rings is 1. The van der Waals surface area contributed by atoms with Crippen molar-refractivity contribution in [2.45, 2.75) is 32.2 Å². The van der Waals surface area contributed by atoms with Gasteiger partial charge >= 0.3 is 0 Å². The SMILES string of the molecule is CC1CN(CC(O)c2cccnc2)CC(C)O1. The Hall–Kier alpha value is -0.970. The summed E-state index contributed by atoms with van der Waals surface area (Å²) in [6, 6.07) is 3.76. The molecule has 1 aliphatic rings. The highest BCUT2D eigenvalue weighted by molar-refractivity contribution is 5.12. The lowest BCUT2D eigenvalue weighted by Gasteiger charge is -2.36. The average molecular weight is 236 g/mol. The summed E-state index contributed by atoms with van der Waals surface area (Å²) in [5.41, 5.74) is 0.874. The van der Waals surface area contributed by atoms with Crippen LogP contribution >= 0.6 is 0 Å². The van der Waals surface area contributed by atoms with Gasteiger partial charge in [0, 0.05) is 37.6 Å². The molecule has 1 aliphatic heterocycles. The quantitative estimate of drug-likeness (QED) is 0.857. The van der Waals surface area contributed by atoms with Crippen LogP contribution in [0.15, 0.2) is 24.5 Å². The number of rotatable bonds is 3. The molecule has 0 aromatic carbocycles. The van der Waals surface area contributed by atoms with E-state index in [2.05, 4.69) is 23.7 Å². The summed E-state index contributed by atoms with van der Waals surface area (Å²) in [6.07, 6.45) is 3.44. The van der Waals surface area contributed by atoms with Crippen LogP contribution in [0.1, 0.15) is 25.5 Å². The second-order valence-corrected chi connectivity index (χ2v) is 4.78. The monoisotopic (exact) mass is 236 g/mol. The lowest BCUT2D eigenvalue weighted by atomic mass is 10.1. The molecule has 3 unspecified atom stereocenters. The number of hydrogen-bond acceptors (Lipinski definition) is 4. The number of hydrogen-bond donors (Lipinski definition) is 1. The van der Waals surface area contributed by atoms with E-state index in [0.717, 1.165) is 18.7 Å². The maximum Gasteiger partial charge on any atom is 0.0931 e. The molecule has 3 atom stereocenters.